The fraction of sp³-hybridized carbons (Fsp3) is 0.238. The highest BCUT2D eigenvalue weighted by molar-refractivity contribution is 5.79. The maximum atomic E-state index is 12.8. The van der Waals surface area contributed by atoms with E-state index in [2.05, 4.69) is 9.84 Å². The quantitative estimate of drug-likeness (QED) is 0.663. The molecule has 1 aromatic heterocycles. The average Bonchev–Trinajstić information content (AvgIpc) is 3.11. The van der Waals surface area contributed by atoms with Crippen LogP contribution in [-0.4, -0.2) is 33.5 Å². The van der Waals surface area contributed by atoms with Crippen molar-refractivity contribution in [3.8, 4) is 16.9 Å². The first-order chi connectivity index (χ1) is 13.9. The molecule has 1 aliphatic rings. The highest BCUT2D eigenvalue weighted by atomic mass is 19.4. The van der Waals surface area contributed by atoms with E-state index in [1.54, 1.807) is 21.7 Å². The predicted octanol–water partition coefficient (Wildman–Crippen LogP) is 4.03. The molecule has 2 aromatic carbocycles. The number of halogens is 3. The second kappa shape index (κ2) is 7.62. The van der Waals surface area contributed by atoms with Crippen LogP contribution >= 0.6 is 0 Å². The van der Waals surface area contributed by atoms with Crippen molar-refractivity contribution < 1.29 is 22.7 Å². The molecule has 1 aliphatic heterocycles. The van der Waals surface area contributed by atoms with Crippen LogP contribution in [0.2, 0.25) is 0 Å². The summed E-state index contributed by atoms with van der Waals surface area (Å²) in [6.45, 7) is 1.26. The van der Waals surface area contributed by atoms with Gasteiger partial charge in [-0.1, -0.05) is 48.5 Å². The Balaban J connectivity index is 1.59. The van der Waals surface area contributed by atoms with Gasteiger partial charge in [0.2, 0.25) is 5.91 Å². The third kappa shape index (κ3) is 4.26. The minimum atomic E-state index is -4.79. The van der Waals surface area contributed by atoms with E-state index in [1.165, 1.54) is 18.3 Å². The van der Waals surface area contributed by atoms with E-state index < -0.39 is 6.36 Å². The molecule has 0 saturated heterocycles. The number of carbonyl (C=O) groups is 1. The number of hydrogen-bond acceptors (Lipinski definition) is 3. The summed E-state index contributed by atoms with van der Waals surface area (Å²) in [6, 6.07) is 15.4. The fourth-order valence-electron chi connectivity index (χ4n) is 3.47. The number of amides is 1. The molecule has 0 spiro atoms. The molecule has 0 unspecified atom stereocenters. The van der Waals surface area contributed by atoms with Crippen molar-refractivity contribution in [3.63, 3.8) is 0 Å². The lowest BCUT2D eigenvalue weighted by atomic mass is 10.0. The molecule has 0 bridgehead atoms. The van der Waals surface area contributed by atoms with E-state index in [-0.39, 0.29) is 24.6 Å². The lowest BCUT2D eigenvalue weighted by Crippen LogP contribution is -2.39. The molecule has 0 radical (unpaired) electrons. The first-order valence-corrected chi connectivity index (χ1v) is 9.12. The summed E-state index contributed by atoms with van der Waals surface area (Å²) in [5, 5.41) is 4.29. The van der Waals surface area contributed by atoms with Gasteiger partial charge in [0.05, 0.1) is 31.4 Å². The number of benzene rings is 2. The summed E-state index contributed by atoms with van der Waals surface area (Å²) in [7, 11) is 0. The lowest BCUT2D eigenvalue weighted by Gasteiger charge is -2.29. The fourth-order valence-corrected chi connectivity index (χ4v) is 3.47. The summed E-state index contributed by atoms with van der Waals surface area (Å²) in [5.41, 5.74) is 2.43. The van der Waals surface area contributed by atoms with Crippen molar-refractivity contribution in [2.24, 2.45) is 0 Å². The zero-order valence-corrected chi connectivity index (χ0v) is 15.4. The Bertz CT molecular complexity index is 1020. The predicted molar refractivity (Wildman–Crippen MR) is 99.9 cm³/mol. The number of rotatable bonds is 4. The lowest BCUT2D eigenvalue weighted by molar-refractivity contribution is -0.274. The van der Waals surface area contributed by atoms with E-state index in [0.29, 0.717) is 29.9 Å². The number of para-hydroxylation sites is 1. The van der Waals surface area contributed by atoms with Gasteiger partial charge in [-0.25, -0.2) is 0 Å². The van der Waals surface area contributed by atoms with Gasteiger partial charge in [0, 0.05) is 17.7 Å². The summed E-state index contributed by atoms with van der Waals surface area (Å²) in [5.74, 6) is -0.321. The molecule has 0 saturated carbocycles. The molecule has 1 amide bonds. The standard InChI is InChI=1S/C21H18F3N3O2/c22-21(23,24)29-19-9-5-4-8-16(19)17-13-25-27-11-10-26(14-18(17)27)20(28)12-15-6-2-1-3-7-15/h1-9,13H,10-12,14H2. The van der Waals surface area contributed by atoms with E-state index in [1.807, 2.05) is 30.3 Å². The van der Waals surface area contributed by atoms with Crippen molar-refractivity contribution in [2.45, 2.75) is 25.9 Å². The second-order valence-corrected chi connectivity index (χ2v) is 6.75. The topological polar surface area (TPSA) is 47.4 Å². The summed E-state index contributed by atoms with van der Waals surface area (Å²) in [6.07, 6.45) is -2.99. The summed E-state index contributed by atoms with van der Waals surface area (Å²) < 4.78 is 44.3. The molecule has 0 aliphatic carbocycles. The first kappa shape index (κ1) is 19.0. The van der Waals surface area contributed by atoms with Crippen molar-refractivity contribution in [1.29, 1.82) is 0 Å². The molecular formula is C21H18F3N3O2. The van der Waals surface area contributed by atoms with Gasteiger partial charge in [-0.3, -0.25) is 9.48 Å². The Labute approximate surface area is 165 Å². The summed E-state index contributed by atoms with van der Waals surface area (Å²) in [4.78, 5) is 14.4. The minimum Gasteiger partial charge on any atom is -0.405 e. The zero-order valence-electron chi connectivity index (χ0n) is 15.4. The molecule has 4 rings (SSSR count). The Morgan fingerprint density at radius 1 is 1.00 bits per heavy atom. The molecule has 0 fully saturated rings. The molecule has 29 heavy (non-hydrogen) atoms. The minimum absolute atomic E-state index is 0.0329. The van der Waals surface area contributed by atoms with Gasteiger partial charge in [-0.2, -0.15) is 5.10 Å². The van der Waals surface area contributed by atoms with Crippen LogP contribution in [0.5, 0.6) is 5.75 Å². The highest BCUT2D eigenvalue weighted by Crippen LogP contribution is 2.36. The van der Waals surface area contributed by atoms with Gasteiger partial charge in [0.25, 0.3) is 0 Å². The van der Waals surface area contributed by atoms with Crippen molar-refractivity contribution in [3.05, 3.63) is 72.1 Å². The van der Waals surface area contributed by atoms with Crippen LogP contribution < -0.4 is 4.74 Å². The van der Waals surface area contributed by atoms with E-state index in [9.17, 15) is 18.0 Å². The summed E-state index contributed by atoms with van der Waals surface area (Å²) >= 11 is 0. The van der Waals surface area contributed by atoms with Crippen LogP contribution in [0.15, 0.2) is 60.8 Å². The van der Waals surface area contributed by atoms with Gasteiger partial charge >= 0.3 is 6.36 Å². The van der Waals surface area contributed by atoms with Crippen LogP contribution in [-0.2, 0) is 24.3 Å². The molecule has 150 valence electrons. The molecule has 3 aromatic rings. The second-order valence-electron chi connectivity index (χ2n) is 6.75. The SMILES string of the molecule is O=C(Cc1ccccc1)N1CCn2ncc(-c3ccccc3OC(F)(F)F)c2C1. The van der Waals surface area contributed by atoms with Crippen LogP contribution in [0.4, 0.5) is 13.2 Å². The van der Waals surface area contributed by atoms with Crippen molar-refractivity contribution >= 4 is 5.91 Å². The van der Waals surface area contributed by atoms with Crippen LogP contribution in [0.25, 0.3) is 11.1 Å². The number of carbonyl (C=O) groups excluding carboxylic acids is 1. The Morgan fingerprint density at radius 3 is 2.48 bits per heavy atom. The molecule has 0 N–H and O–H groups in total. The Morgan fingerprint density at radius 2 is 1.72 bits per heavy atom. The number of alkyl halides is 3. The average molecular weight is 401 g/mol. The molecule has 2 heterocycles. The zero-order chi connectivity index (χ0) is 20.4. The van der Waals surface area contributed by atoms with Crippen LogP contribution in [0, 0.1) is 0 Å². The monoisotopic (exact) mass is 401 g/mol. The number of aromatic nitrogens is 2. The van der Waals surface area contributed by atoms with E-state index in [4.69, 9.17) is 0 Å². The number of nitrogens with zero attached hydrogens (tertiary/aromatic N) is 3. The largest absolute Gasteiger partial charge is 0.573 e. The Kier molecular flexibility index (Phi) is 5.00. The van der Waals surface area contributed by atoms with Gasteiger partial charge in [-0.05, 0) is 11.6 Å². The third-order valence-electron chi connectivity index (χ3n) is 4.82. The number of fused-ring (bicyclic) bond motifs is 1. The van der Waals surface area contributed by atoms with Gasteiger partial charge in [0.1, 0.15) is 5.75 Å². The normalized spacial score (nSPS) is 13.8. The van der Waals surface area contributed by atoms with Crippen molar-refractivity contribution in [2.75, 3.05) is 6.54 Å². The third-order valence-corrected chi connectivity index (χ3v) is 4.82. The number of ether oxygens (including phenoxy) is 1. The van der Waals surface area contributed by atoms with E-state index in [0.717, 1.165) is 5.56 Å². The maximum absolute atomic E-state index is 12.8. The smallest absolute Gasteiger partial charge is 0.405 e. The Hall–Kier alpha value is -3.29. The van der Waals surface area contributed by atoms with Gasteiger partial charge in [-0.15, -0.1) is 13.2 Å². The van der Waals surface area contributed by atoms with Gasteiger partial charge in [0.15, 0.2) is 0 Å². The molecule has 0 atom stereocenters. The van der Waals surface area contributed by atoms with Gasteiger partial charge < -0.3 is 9.64 Å². The maximum Gasteiger partial charge on any atom is 0.573 e. The van der Waals surface area contributed by atoms with E-state index >= 15 is 0 Å². The first-order valence-electron chi connectivity index (χ1n) is 9.12. The number of hydrogen-bond donors (Lipinski definition) is 0. The van der Waals surface area contributed by atoms with Crippen LogP contribution in [0.3, 0.4) is 0 Å². The molecule has 5 nitrogen and oxygen atoms in total. The van der Waals surface area contributed by atoms with Crippen LogP contribution in [0.1, 0.15) is 11.3 Å². The van der Waals surface area contributed by atoms with Crippen molar-refractivity contribution in [1.82, 2.24) is 14.7 Å². The highest BCUT2D eigenvalue weighted by Gasteiger charge is 2.33. The molecular weight excluding hydrogens is 383 g/mol. The molecule has 8 heteroatoms.